The monoisotopic (exact) mass is 335 g/mol. The van der Waals surface area contributed by atoms with Gasteiger partial charge in [-0.3, -0.25) is 14.6 Å². The number of nitrogens with zero attached hydrogens (tertiary/aromatic N) is 5. The number of hydrogen-bond donors (Lipinski definition) is 0. The molecule has 1 aliphatic rings. The second-order valence-electron chi connectivity index (χ2n) is 7.47. The summed E-state index contributed by atoms with van der Waals surface area (Å²) in [5.41, 5.74) is 4.41. The molecule has 0 spiro atoms. The molecule has 5 nitrogen and oxygen atoms in total. The van der Waals surface area contributed by atoms with Crippen LogP contribution in [0.15, 0.2) is 36.5 Å². The van der Waals surface area contributed by atoms with Gasteiger partial charge in [0.05, 0.1) is 17.1 Å². The smallest absolute Gasteiger partial charge is 0.158 e. The van der Waals surface area contributed by atoms with E-state index in [1.807, 2.05) is 30.9 Å². The highest BCUT2D eigenvalue weighted by Crippen LogP contribution is 2.34. The summed E-state index contributed by atoms with van der Waals surface area (Å²) in [6.45, 7) is 7.43. The molecule has 0 unspecified atom stereocenters. The highest BCUT2D eigenvalue weighted by molar-refractivity contribution is 5.78. The quantitative estimate of drug-likeness (QED) is 0.737. The predicted octanol–water partition coefficient (Wildman–Crippen LogP) is 3.23. The minimum absolute atomic E-state index is 0.0688. The first kappa shape index (κ1) is 16.2. The van der Waals surface area contributed by atoms with Crippen LogP contribution >= 0.6 is 0 Å². The third kappa shape index (κ3) is 3.04. The van der Waals surface area contributed by atoms with Crippen LogP contribution in [0.5, 0.6) is 0 Å². The third-order valence-corrected chi connectivity index (χ3v) is 5.38. The van der Waals surface area contributed by atoms with E-state index in [-0.39, 0.29) is 5.41 Å². The van der Waals surface area contributed by atoms with Gasteiger partial charge in [0, 0.05) is 37.1 Å². The fraction of sp³-hybridized carbons (Fsp3) is 0.450. The lowest BCUT2D eigenvalue weighted by Crippen LogP contribution is -2.44. The SMILES string of the molecule is Cc1nn(C)c2nc([C@@]3(C)CCCN(Cc4ccccn4)C3)ccc12. The van der Waals surface area contributed by atoms with Crippen molar-refractivity contribution in [3.05, 3.63) is 53.6 Å². The molecule has 0 amide bonds. The number of aromatic nitrogens is 4. The zero-order valence-electron chi connectivity index (χ0n) is 15.2. The first-order chi connectivity index (χ1) is 12.0. The van der Waals surface area contributed by atoms with Crippen molar-refractivity contribution >= 4 is 11.0 Å². The fourth-order valence-electron chi connectivity index (χ4n) is 4.05. The van der Waals surface area contributed by atoms with E-state index >= 15 is 0 Å². The number of aryl methyl sites for hydroxylation is 2. The number of piperidine rings is 1. The summed E-state index contributed by atoms with van der Waals surface area (Å²) >= 11 is 0. The van der Waals surface area contributed by atoms with Crippen LogP contribution in [0.3, 0.4) is 0 Å². The minimum Gasteiger partial charge on any atom is -0.297 e. The normalized spacial score (nSPS) is 21.7. The van der Waals surface area contributed by atoms with Gasteiger partial charge in [0.25, 0.3) is 0 Å². The van der Waals surface area contributed by atoms with E-state index in [2.05, 4.69) is 46.2 Å². The summed E-state index contributed by atoms with van der Waals surface area (Å²) in [5, 5.41) is 5.65. The Morgan fingerprint density at radius 2 is 2.08 bits per heavy atom. The maximum Gasteiger partial charge on any atom is 0.158 e. The Kier molecular flexibility index (Phi) is 4.04. The van der Waals surface area contributed by atoms with Crippen molar-refractivity contribution in [3.8, 4) is 0 Å². The molecule has 0 aromatic carbocycles. The van der Waals surface area contributed by atoms with Gasteiger partial charge >= 0.3 is 0 Å². The van der Waals surface area contributed by atoms with Gasteiger partial charge in [-0.05, 0) is 50.6 Å². The van der Waals surface area contributed by atoms with Crippen LogP contribution in [0.1, 0.15) is 36.8 Å². The molecule has 130 valence electrons. The summed E-state index contributed by atoms with van der Waals surface area (Å²) in [6.07, 6.45) is 4.23. The highest BCUT2D eigenvalue weighted by atomic mass is 15.3. The van der Waals surface area contributed by atoms with Gasteiger partial charge in [-0.25, -0.2) is 4.98 Å². The van der Waals surface area contributed by atoms with Crippen molar-refractivity contribution in [2.45, 2.75) is 38.6 Å². The van der Waals surface area contributed by atoms with Crippen molar-refractivity contribution in [3.63, 3.8) is 0 Å². The predicted molar refractivity (Wildman–Crippen MR) is 99.3 cm³/mol. The molecule has 25 heavy (non-hydrogen) atoms. The summed E-state index contributed by atoms with van der Waals surface area (Å²) in [7, 11) is 1.97. The largest absolute Gasteiger partial charge is 0.297 e. The van der Waals surface area contributed by atoms with Crippen LogP contribution in [0, 0.1) is 6.92 Å². The molecule has 1 saturated heterocycles. The highest BCUT2D eigenvalue weighted by Gasteiger charge is 2.34. The van der Waals surface area contributed by atoms with Crippen LogP contribution in [0.2, 0.25) is 0 Å². The molecule has 0 aliphatic carbocycles. The molecular formula is C20H25N5. The Hall–Kier alpha value is -2.27. The Morgan fingerprint density at radius 3 is 2.88 bits per heavy atom. The molecular weight excluding hydrogens is 310 g/mol. The lowest BCUT2D eigenvalue weighted by atomic mass is 9.78. The molecule has 3 aromatic rings. The zero-order valence-corrected chi connectivity index (χ0v) is 15.2. The number of rotatable bonds is 3. The van der Waals surface area contributed by atoms with E-state index in [1.165, 1.54) is 18.5 Å². The standard InChI is InChI=1S/C20H25N5/c1-15-17-8-9-18(22-19(17)24(3)23-15)20(2)10-6-12-25(14-20)13-16-7-4-5-11-21-16/h4-5,7-9,11H,6,10,12-14H2,1-3H3/t20-/m0/s1. The molecule has 1 aliphatic heterocycles. The third-order valence-electron chi connectivity index (χ3n) is 5.38. The molecule has 1 atom stereocenters. The van der Waals surface area contributed by atoms with Gasteiger partial charge in [-0.1, -0.05) is 13.0 Å². The van der Waals surface area contributed by atoms with E-state index < -0.39 is 0 Å². The first-order valence-corrected chi connectivity index (χ1v) is 8.98. The van der Waals surface area contributed by atoms with Crippen LogP contribution < -0.4 is 0 Å². The molecule has 4 heterocycles. The molecule has 0 saturated carbocycles. The lowest BCUT2D eigenvalue weighted by Gasteiger charge is -2.40. The zero-order chi connectivity index (χ0) is 17.4. The number of hydrogen-bond acceptors (Lipinski definition) is 4. The Labute approximate surface area is 148 Å². The van der Waals surface area contributed by atoms with E-state index in [0.29, 0.717) is 0 Å². The molecule has 4 rings (SSSR count). The van der Waals surface area contributed by atoms with Crippen LogP contribution in [0.4, 0.5) is 0 Å². The van der Waals surface area contributed by atoms with Gasteiger partial charge in [0.2, 0.25) is 0 Å². The second kappa shape index (κ2) is 6.23. The average molecular weight is 335 g/mol. The fourth-order valence-corrected chi connectivity index (χ4v) is 4.05. The molecule has 0 N–H and O–H groups in total. The summed E-state index contributed by atoms with van der Waals surface area (Å²) < 4.78 is 1.89. The molecule has 3 aromatic heterocycles. The average Bonchev–Trinajstić information content (AvgIpc) is 2.90. The molecule has 0 bridgehead atoms. The van der Waals surface area contributed by atoms with Crippen molar-refractivity contribution < 1.29 is 0 Å². The first-order valence-electron chi connectivity index (χ1n) is 8.98. The van der Waals surface area contributed by atoms with Gasteiger partial charge in [-0.15, -0.1) is 0 Å². The van der Waals surface area contributed by atoms with E-state index in [1.54, 1.807) is 0 Å². The van der Waals surface area contributed by atoms with Crippen LogP contribution in [0.25, 0.3) is 11.0 Å². The molecule has 0 radical (unpaired) electrons. The van der Waals surface area contributed by atoms with Crippen molar-refractivity contribution in [1.29, 1.82) is 0 Å². The van der Waals surface area contributed by atoms with E-state index in [4.69, 9.17) is 4.98 Å². The van der Waals surface area contributed by atoms with Crippen molar-refractivity contribution in [1.82, 2.24) is 24.6 Å². The number of fused-ring (bicyclic) bond motifs is 1. The molecule has 5 heteroatoms. The molecule has 1 fully saturated rings. The van der Waals surface area contributed by atoms with Gasteiger partial charge in [0.1, 0.15) is 0 Å². The van der Waals surface area contributed by atoms with Crippen molar-refractivity contribution in [2.24, 2.45) is 7.05 Å². The van der Waals surface area contributed by atoms with Crippen LogP contribution in [-0.2, 0) is 19.0 Å². The number of likely N-dealkylation sites (tertiary alicyclic amines) is 1. The topological polar surface area (TPSA) is 46.8 Å². The maximum atomic E-state index is 4.99. The van der Waals surface area contributed by atoms with E-state index in [0.717, 1.165) is 42.1 Å². The maximum absolute atomic E-state index is 4.99. The Morgan fingerprint density at radius 1 is 1.20 bits per heavy atom. The van der Waals surface area contributed by atoms with Gasteiger partial charge in [0.15, 0.2) is 5.65 Å². The van der Waals surface area contributed by atoms with Crippen LogP contribution in [-0.4, -0.2) is 37.7 Å². The summed E-state index contributed by atoms with van der Waals surface area (Å²) in [6, 6.07) is 10.5. The Balaban J connectivity index is 1.61. The number of pyridine rings is 2. The van der Waals surface area contributed by atoms with E-state index in [9.17, 15) is 0 Å². The lowest BCUT2D eigenvalue weighted by molar-refractivity contribution is 0.146. The van der Waals surface area contributed by atoms with Gasteiger partial charge < -0.3 is 0 Å². The Bertz CT molecular complexity index is 886. The second-order valence-corrected chi connectivity index (χ2v) is 7.47. The summed E-state index contributed by atoms with van der Waals surface area (Å²) in [5.74, 6) is 0. The van der Waals surface area contributed by atoms with Gasteiger partial charge in [-0.2, -0.15) is 5.10 Å². The summed E-state index contributed by atoms with van der Waals surface area (Å²) in [4.78, 5) is 12.0. The minimum atomic E-state index is 0.0688. The van der Waals surface area contributed by atoms with Crippen molar-refractivity contribution in [2.75, 3.05) is 13.1 Å².